The fourth-order valence-corrected chi connectivity index (χ4v) is 2.91. The number of nitrogens with one attached hydrogen (secondary N) is 2. The molecule has 0 amide bonds. The minimum absolute atomic E-state index is 0.431. The predicted octanol–water partition coefficient (Wildman–Crippen LogP) is 4.26. The van der Waals surface area contributed by atoms with Gasteiger partial charge in [0.25, 0.3) is 0 Å². The molecule has 0 fully saturated rings. The van der Waals surface area contributed by atoms with Gasteiger partial charge in [0, 0.05) is 31.5 Å². The Balaban J connectivity index is 1.57. The lowest BCUT2D eigenvalue weighted by atomic mass is 10.2. The zero-order valence-electron chi connectivity index (χ0n) is 18.1. The lowest BCUT2D eigenvalue weighted by Crippen LogP contribution is -2.30. The Hall–Kier alpha value is -3.74. The Kier molecular flexibility index (Phi) is 8.11. The van der Waals surface area contributed by atoms with Crippen LogP contribution in [0.5, 0.6) is 17.2 Å². The van der Waals surface area contributed by atoms with Crippen molar-refractivity contribution in [3.63, 3.8) is 0 Å². The van der Waals surface area contributed by atoms with Gasteiger partial charge in [-0.1, -0.05) is 18.2 Å². The number of aliphatic imine (C=N–C) groups is 1. The van der Waals surface area contributed by atoms with Gasteiger partial charge in [0.2, 0.25) is 0 Å². The van der Waals surface area contributed by atoms with Crippen LogP contribution in [0.3, 0.4) is 0 Å². The standard InChI is InChI=1S/C24H28N4O3/c1-4-30-22-12-11-19(15-23(22)29-3)28-24(25-2)27-16-18-8-7-10-21(14-18)31-17-20-9-5-6-13-26-20/h5-15H,4,16-17H2,1-3H3,(H2,25,27,28). The maximum absolute atomic E-state index is 5.86. The maximum atomic E-state index is 5.86. The number of aromatic nitrogens is 1. The molecule has 0 aliphatic carbocycles. The topological polar surface area (TPSA) is 77.0 Å². The zero-order valence-corrected chi connectivity index (χ0v) is 18.1. The zero-order chi connectivity index (χ0) is 21.9. The van der Waals surface area contributed by atoms with Gasteiger partial charge < -0.3 is 24.8 Å². The van der Waals surface area contributed by atoms with Gasteiger partial charge in [0.1, 0.15) is 12.4 Å². The van der Waals surface area contributed by atoms with E-state index in [9.17, 15) is 0 Å². The molecule has 0 unspecified atom stereocenters. The normalized spacial score (nSPS) is 11.0. The Bertz CT molecular complexity index is 993. The Labute approximate surface area is 183 Å². The first kappa shape index (κ1) is 22.0. The first-order valence-electron chi connectivity index (χ1n) is 10.1. The number of guanidine groups is 1. The van der Waals surface area contributed by atoms with E-state index in [0.29, 0.717) is 37.2 Å². The van der Waals surface area contributed by atoms with E-state index >= 15 is 0 Å². The van der Waals surface area contributed by atoms with Crippen molar-refractivity contribution in [2.75, 3.05) is 26.1 Å². The molecule has 7 nitrogen and oxygen atoms in total. The summed E-state index contributed by atoms with van der Waals surface area (Å²) >= 11 is 0. The molecule has 0 saturated heterocycles. The third-order valence-electron chi connectivity index (χ3n) is 4.42. The summed E-state index contributed by atoms with van der Waals surface area (Å²) in [7, 11) is 3.35. The second-order valence-corrected chi connectivity index (χ2v) is 6.61. The van der Waals surface area contributed by atoms with Crippen molar-refractivity contribution in [2.45, 2.75) is 20.1 Å². The lowest BCUT2D eigenvalue weighted by molar-refractivity contribution is 0.301. The van der Waals surface area contributed by atoms with Gasteiger partial charge >= 0.3 is 0 Å². The van der Waals surface area contributed by atoms with Crippen LogP contribution >= 0.6 is 0 Å². The number of hydrogen-bond acceptors (Lipinski definition) is 5. The number of rotatable bonds is 9. The molecule has 3 aromatic rings. The van der Waals surface area contributed by atoms with Gasteiger partial charge in [-0.25, -0.2) is 0 Å². The minimum Gasteiger partial charge on any atom is -0.493 e. The summed E-state index contributed by atoms with van der Waals surface area (Å²) in [5, 5.41) is 6.58. The largest absolute Gasteiger partial charge is 0.493 e. The minimum atomic E-state index is 0.431. The smallest absolute Gasteiger partial charge is 0.195 e. The van der Waals surface area contributed by atoms with Crippen LogP contribution in [-0.2, 0) is 13.2 Å². The summed E-state index contributed by atoms with van der Waals surface area (Å²) in [5.74, 6) is 2.82. The molecular weight excluding hydrogens is 392 g/mol. The Morgan fingerprint density at radius 1 is 1.00 bits per heavy atom. The number of ether oxygens (including phenoxy) is 3. The molecule has 0 saturated carbocycles. The fraction of sp³-hybridized carbons (Fsp3) is 0.250. The number of anilines is 1. The predicted molar refractivity (Wildman–Crippen MR) is 123 cm³/mol. The van der Waals surface area contributed by atoms with Crippen LogP contribution in [0.1, 0.15) is 18.2 Å². The van der Waals surface area contributed by atoms with Gasteiger partial charge in [0.05, 0.1) is 19.4 Å². The molecule has 7 heteroatoms. The second-order valence-electron chi connectivity index (χ2n) is 6.61. The summed E-state index contributed by atoms with van der Waals surface area (Å²) in [4.78, 5) is 8.57. The number of hydrogen-bond donors (Lipinski definition) is 2. The van der Waals surface area contributed by atoms with Crippen LogP contribution < -0.4 is 24.8 Å². The van der Waals surface area contributed by atoms with Gasteiger partial charge in [0.15, 0.2) is 17.5 Å². The summed E-state index contributed by atoms with van der Waals surface area (Å²) in [6, 6.07) is 19.4. The highest BCUT2D eigenvalue weighted by molar-refractivity contribution is 5.93. The summed E-state index contributed by atoms with van der Waals surface area (Å²) < 4.78 is 16.8. The number of benzene rings is 2. The molecule has 0 atom stereocenters. The van der Waals surface area contributed by atoms with E-state index in [2.05, 4.69) is 20.6 Å². The monoisotopic (exact) mass is 420 g/mol. The van der Waals surface area contributed by atoms with Crippen LogP contribution in [0.4, 0.5) is 5.69 Å². The van der Waals surface area contributed by atoms with Gasteiger partial charge in [-0.05, 0) is 48.9 Å². The van der Waals surface area contributed by atoms with E-state index in [1.54, 1.807) is 20.4 Å². The van der Waals surface area contributed by atoms with Crippen LogP contribution in [0, 0.1) is 0 Å². The molecule has 2 N–H and O–H groups in total. The summed E-state index contributed by atoms with van der Waals surface area (Å²) in [5.41, 5.74) is 2.81. The van der Waals surface area contributed by atoms with Crippen molar-refractivity contribution < 1.29 is 14.2 Å². The molecule has 1 aromatic heterocycles. The van der Waals surface area contributed by atoms with Crippen molar-refractivity contribution in [3.8, 4) is 17.2 Å². The number of nitrogens with zero attached hydrogens (tertiary/aromatic N) is 2. The SMILES string of the molecule is CCOc1ccc(NC(=NC)NCc2cccc(OCc3ccccn3)c2)cc1OC. The molecule has 0 aliphatic rings. The third-order valence-corrected chi connectivity index (χ3v) is 4.42. The molecule has 162 valence electrons. The fourth-order valence-electron chi connectivity index (χ4n) is 2.91. The molecule has 31 heavy (non-hydrogen) atoms. The highest BCUT2D eigenvalue weighted by atomic mass is 16.5. The average molecular weight is 421 g/mol. The van der Waals surface area contributed by atoms with Gasteiger partial charge in [-0.2, -0.15) is 0 Å². The number of methoxy groups -OCH3 is 1. The quantitative estimate of drug-likeness (QED) is 0.398. The molecule has 0 aliphatic heterocycles. The maximum Gasteiger partial charge on any atom is 0.195 e. The van der Waals surface area contributed by atoms with Crippen molar-refractivity contribution in [1.29, 1.82) is 0 Å². The summed E-state index contributed by atoms with van der Waals surface area (Å²) in [6.45, 7) is 3.54. The third kappa shape index (κ3) is 6.64. The van der Waals surface area contributed by atoms with Crippen molar-refractivity contribution >= 4 is 11.6 Å². The lowest BCUT2D eigenvalue weighted by Gasteiger charge is -2.15. The molecule has 0 bridgehead atoms. The van der Waals surface area contributed by atoms with E-state index < -0.39 is 0 Å². The van der Waals surface area contributed by atoms with Gasteiger partial charge in [-0.15, -0.1) is 0 Å². The average Bonchev–Trinajstić information content (AvgIpc) is 2.82. The Morgan fingerprint density at radius 2 is 1.90 bits per heavy atom. The van der Waals surface area contributed by atoms with E-state index in [4.69, 9.17) is 14.2 Å². The Morgan fingerprint density at radius 3 is 2.65 bits per heavy atom. The highest BCUT2D eigenvalue weighted by Crippen LogP contribution is 2.30. The molecule has 1 heterocycles. The number of pyridine rings is 1. The first-order chi connectivity index (χ1) is 15.2. The van der Waals surface area contributed by atoms with E-state index in [0.717, 1.165) is 22.7 Å². The van der Waals surface area contributed by atoms with Crippen molar-refractivity contribution in [2.24, 2.45) is 4.99 Å². The van der Waals surface area contributed by atoms with Crippen molar-refractivity contribution in [1.82, 2.24) is 10.3 Å². The van der Waals surface area contributed by atoms with Crippen LogP contribution in [-0.4, -0.2) is 31.7 Å². The van der Waals surface area contributed by atoms with E-state index in [-0.39, 0.29) is 0 Å². The first-order valence-corrected chi connectivity index (χ1v) is 10.1. The molecule has 0 spiro atoms. The molecular formula is C24H28N4O3. The highest BCUT2D eigenvalue weighted by Gasteiger charge is 2.07. The van der Waals surface area contributed by atoms with Crippen molar-refractivity contribution in [3.05, 3.63) is 78.1 Å². The van der Waals surface area contributed by atoms with Crippen LogP contribution in [0.25, 0.3) is 0 Å². The van der Waals surface area contributed by atoms with Gasteiger partial charge in [-0.3, -0.25) is 9.98 Å². The van der Waals surface area contributed by atoms with Crippen LogP contribution in [0.2, 0.25) is 0 Å². The molecule has 3 rings (SSSR count). The van der Waals surface area contributed by atoms with E-state index in [1.165, 1.54) is 0 Å². The summed E-state index contributed by atoms with van der Waals surface area (Å²) in [6.07, 6.45) is 1.76. The second kappa shape index (κ2) is 11.4. The van der Waals surface area contributed by atoms with Crippen LogP contribution in [0.15, 0.2) is 71.9 Å². The molecule has 2 aromatic carbocycles. The molecule has 0 radical (unpaired) electrons. The van der Waals surface area contributed by atoms with E-state index in [1.807, 2.05) is 67.6 Å².